The lowest BCUT2D eigenvalue weighted by Crippen LogP contribution is -2.38. The van der Waals surface area contributed by atoms with Gasteiger partial charge >= 0.3 is 0 Å². The second-order valence-corrected chi connectivity index (χ2v) is 5.07. The fourth-order valence-corrected chi connectivity index (χ4v) is 2.30. The molecule has 108 valence electrons. The van der Waals surface area contributed by atoms with Gasteiger partial charge in [-0.2, -0.15) is 0 Å². The number of rotatable bonds is 2. The van der Waals surface area contributed by atoms with E-state index in [-0.39, 0.29) is 18.4 Å². The largest absolute Gasteiger partial charge is 0.344 e. The molecule has 2 rings (SSSR count). The standard InChI is InChI=1S/C14H20N4O2/c1-10-8-11(4-5-12(10)16-15)14(20)18-7-3-6-17(2)13(19)9-18/h4-5,8,16H,3,6-7,9,15H2,1-2H3. The Kier molecular flexibility index (Phi) is 4.24. The Morgan fingerprint density at radius 2 is 2.10 bits per heavy atom. The fourth-order valence-electron chi connectivity index (χ4n) is 2.30. The minimum atomic E-state index is -0.111. The van der Waals surface area contributed by atoms with E-state index in [1.807, 2.05) is 6.92 Å². The van der Waals surface area contributed by atoms with Crippen molar-refractivity contribution in [2.75, 3.05) is 32.1 Å². The van der Waals surface area contributed by atoms with Crippen LogP contribution in [0.25, 0.3) is 0 Å². The van der Waals surface area contributed by atoms with Crippen molar-refractivity contribution < 1.29 is 9.59 Å². The van der Waals surface area contributed by atoms with Gasteiger partial charge in [-0.25, -0.2) is 0 Å². The summed E-state index contributed by atoms with van der Waals surface area (Å²) in [4.78, 5) is 27.6. The SMILES string of the molecule is Cc1cc(C(=O)N2CCCN(C)C(=O)C2)ccc1NN. The van der Waals surface area contributed by atoms with E-state index in [2.05, 4.69) is 5.43 Å². The van der Waals surface area contributed by atoms with Crippen LogP contribution in [0.3, 0.4) is 0 Å². The van der Waals surface area contributed by atoms with Crippen LogP contribution in [0, 0.1) is 6.92 Å². The topological polar surface area (TPSA) is 78.7 Å². The van der Waals surface area contributed by atoms with Gasteiger partial charge in [0.25, 0.3) is 5.91 Å². The third-order valence-electron chi connectivity index (χ3n) is 3.59. The van der Waals surface area contributed by atoms with E-state index in [1.54, 1.807) is 35.0 Å². The Labute approximate surface area is 118 Å². The summed E-state index contributed by atoms with van der Waals surface area (Å²) in [5.41, 5.74) is 4.85. The van der Waals surface area contributed by atoms with Crippen molar-refractivity contribution >= 4 is 17.5 Å². The van der Waals surface area contributed by atoms with Crippen molar-refractivity contribution in [1.29, 1.82) is 0 Å². The van der Waals surface area contributed by atoms with Crippen molar-refractivity contribution in [3.05, 3.63) is 29.3 Å². The summed E-state index contributed by atoms with van der Waals surface area (Å²) in [5, 5.41) is 0. The monoisotopic (exact) mass is 276 g/mol. The summed E-state index contributed by atoms with van der Waals surface area (Å²) in [7, 11) is 1.77. The van der Waals surface area contributed by atoms with Crippen molar-refractivity contribution in [2.45, 2.75) is 13.3 Å². The summed E-state index contributed by atoms with van der Waals surface area (Å²) in [6.07, 6.45) is 0.801. The number of aryl methyl sites for hydroxylation is 1. The number of carbonyl (C=O) groups is 2. The molecule has 6 nitrogen and oxygen atoms in total. The molecular weight excluding hydrogens is 256 g/mol. The lowest BCUT2D eigenvalue weighted by molar-refractivity contribution is -0.129. The number of nitrogens with one attached hydrogen (secondary N) is 1. The zero-order valence-electron chi connectivity index (χ0n) is 11.8. The van der Waals surface area contributed by atoms with Gasteiger partial charge in [-0.05, 0) is 37.1 Å². The van der Waals surface area contributed by atoms with Gasteiger partial charge in [0.2, 0.25) is 5.91 Å². The first kappa shape index (κ1) is 14.3. The van der Waals surface area contributed by atoms with Crippen LogP contribution in [0.15, 0.2) is 18.2 Å². The van der Waals surface area contributed by atoms with Gasteiger partial charge in [0.1, 0.15) is 6.54 Å². The van der Waals surface area contributed by atoms with Gasteiger partial charge in [-0.15, -0.1) is 0 Å². The number of likely N-dealkylation sites (N-methyl/N-ethyl adjacent to an activating group) is 1. The quantitative estimate of drug-likeness (QED) is 0.612. The first-order valence-corrected chi connectivity index (χ1v) is 6.63. The van der Waals surface area contributed by atoms with Crippen molar-refractivity contribution in [3.63, 3.8) is 0 Å². The van der Waals surface area contributed by atoms with E-state index >= 15 is 0 Å². The first-order valence-electron chi connectivity index (χ1n) is 6.63. The molecule has 0 aliphatic carbocycles. The Balaban J connectivity index is 2.18. The molecule has 1 heterocycles. The average Bonchev–Trinajstić information content (AvgIpc) is 2.60. The van der Waals surface area contributed by atoms with Crippen LogP contribution in [-0.2, 0) is 4.79 Å². The van der Waals surface area contributed by atoms with Crippen LogP contribution in [0.4, 0.5) is 5.69 Å². The molecule has 1 aromatic carbocycles. The Bertz CT molecular complexity index is 530. The van der Waals surface area contributed by atoms with Gasteiger partial charge < -0.3 is 15.2 Å². The summed E-state index contributed by atoms with van der Waals surface area (Å²) in [6, 6.07) is 5.29. The van der Waals surface area contributed by atoms with Crippen LogP contribution < -0.4 is 11.3 Å². The summed E-state index contributed by atoms with van der Waals surface area (Å²) < 4.78 is 0. The maximum absolute atomic E-state index is 12.5. The van der Waals surface area contributed by atoms with E-state index in [9.17, 15) is 9.59 Å². The molecule has 2 amide bonds. The maximum Gasteiger partial charge on any atom is 0.254 e. The van der Waals surface area contributed by atoms with Crippen LogP contribution in [0.5, 0.6) is 0 Å². The minimum absolute atomic E-state index is 0.0205. The third kappa shape index (κ3) is 2.91. The average molecular weight is 276 g/mol. The minimum Gasteiger partial charge on any atom is -0.344 e. The molecular formula is C14H20N4O2. The lowest BCUT2D eigenvalue weighted by atomic mass is 10.1. The van der Waals surface area contributed by atoms with Gasteiger partial charge in [0.05, 0.1) is 5.69 Å². The molecule has 1 aliphatic rings. The second kappa shape index (κ2) is 5.92. The van der Waals surface area contributed by atoms with Gasteiger partial charge in [0.15, 0.2) is 0 Å². The van der Waals surface area contributed by atoms with Crippen LogP contribution in [0.1, 0.15) is 22.3 Å². The van der Waals surface area contributed by atoms with Gasteiger partial charge in [-0.3, -0.25) is 15.4 Å². The molecule has 20 heavy (non-hydrogen) atoms. The Morgan fingerprint density at radius 3 is 2.75 bits per heavy atom. The molecule has 6 heteroatoms. The van der Waals surface area contributed by atoms with Crippen LogP contribution >= 0.6 is 0 Å². The van der Waals surface area contributed by atoms with Crippen molar-refractivity contribution in [3.8, 4) is 0 Å². The third-order valence-corrected chi connectivity index (χ3v) is 3.59. The number of nitrogen functional groups attached to an aromatic ring is 1. The number of amides is 2. The molecule has 1 fully saturated rings. The van der Waals surface area contributed by atoms with E-state index in [0.717, 1.165) is 17.7 Å². The van der Waals surface area contributed by atoms with E-state index < -0.39 is 0 Å². The molecule has 1 saturated heterocycles. The summed E-state index contributed by atoms with van der Waals surface area (Å²) >= 11 is 0. The molecule has 0 atom stereocenters. The normalized spacial score (nSPS) is 16.1. The van der Waals surface area contributed by atoms with Crippen LogP contribution in [-0.4, -0.2) is 48.3 Å². The molecule has 0 saturated carbocycles. The highest BCUT2D eigenvalue weighted by atomic mass is 16.2. The number of anilines is 1. The highest BCUT2D eigenvalue weighted by molar-refractivity contribution is 5.97. The molecule has 0 bridgehead atoms. The number of hydrazine groups is 1. The van der Waals surface area contributed by atoms with E-state index in [0.29, 0.717) is 18.7 Å². The molecule has 1 aliphatic heterocycles. The zero-order valence-corrected chi connectivity index (χ0v) is 11.8. The summed E-state index contributed by atoms with van der Waals surface area (Å²) in [5.74, 6) is 5.25. The van der Waals surface area contributed by atoms with E-state index in [1.165, 1.54) is 0 Å². The molecule has 0 radical (unpaired) electrons. The van der Waals surface area contributed by atoms with Crippen LogP contribution in [0.2, 0.25) is 0 Å². The maximum atomic E-state index is 12.5. The van der Waals surface area contributed by atoms with Crippen molar-refractivity contribution in [2.24, 2.45) is 5.84 Å². The second-order valence-electron chi connectivity index (χ2n) is 5.07. The fraction of sp³-hybridized carbons (Fsp3) is 0.429. The first-order chi connectivity index (χ1) is 9.52. The highest BCUT2D eigenvalue weighted by Gasteiger charge is 2.23. The number of hydrogen-bond donors (Lipinski definition) is 2. The Morgan fingerprint density at radius 1 is 1.35 bits per heavy atom. The predicted molar refractivity (Wildman–Crippen MR) is 77.1 cm³/mol. The highest BCUT2D eigenvalue weighted by Crippen LogP contribution is 2.17. The Hall–Kier alpha value is -2.08. The number of carbonyl (C=O) groups excluding carboxylic acids is 2. The van der Waals surface area contributed by atoms with Gasteiger partial charge in [0, 0.05) is 25.7 Å². The number of nitrogens with zero attached hydrogens (tertiary/aromatic N) is 2. The summed E-state index contributed by atoms with van der Waals surface area (Å²) in [6.45, 7) is 3.32. The molecule has 1 aromatic rings. The smallest absolute Gasteiger partial charge is 0.254 e. The number of benzene rings is 1. The zero-order chi connectivity index (χ0) is 14.7. The van der Waals surface area contributed by atoms with E-state index in [4.69, 9.17) is 5.84 Å². The number of nitrogens with two attached hydrogens (primary N) is 1. The molecule has 0 aromatic heterocycles. The lowest BCUT2D eigenvalue weighted by Gasteiger charge is -2.20. The van der Waals surface area contributed by atoms with Gasteiger partial charge in [-0.1, -0.05) is 0 Å². The molecule has 0 spiro atoms. The van der Waals surface area contributed by atoms with Crippen molar-refractivity contribution in [1.82, 2.24) is 9.80 Å². The predicted octanol–water partition coefficient (Wildman–Crippen LogP) is 0.585. The molecule has 3 N–H and O–H groups in total. The number of hydrogen-bond acceptors (Lipinski definition) is 4. The molecule has 0 unspecified atom stereocenters.